The second kappa shape index (κ2) is 7.83. The van der Waals surface area contributed by atoms with E-state index in [1.54, 1.807) is 30.3 Å². The first-order chi connectivity index (χ1) is 9.99. The number of carbonyl (C=O) groups excluding carboxylic acids is 2. The third kappa shape index (κ3) is 4.75. The maximum atomic E-state index is 11.6. The summed E-state index contributed by atoms with van der Waals surface area (Å²) in [5.41, 5.74) is 0.465. The second-order valence-electron chi connectivity index (χ2n) is 4.06. The van der Waals surface area contributed by atoms with Crippen LogP contribution in [0.3, 0.4) is 0 Å². The Morgan fingerprint density at radius 1 is 1.14 bits per heavy atom. The minimum Gasteiger partial charge on any atom is -0.468 e. The first-order valence-corrected chi connectivity index (χ1v) is 6.01. The van der Waals surface area contributed by atoms with Gasteiger partial charge in [-0.3, -0.25) is 9.59 Å². The van der Waals surface area contributed by atoms with E-state index in [4.69, 9.17) is 0 Å². The van der Waals surface area contributed by atoms with Gasteiger partial charge in [-0.2, -0.15) is 0 Å². The summed E-state index contributed by atoms with van der Waals surface area (Å²) in [4.78, 5) is 38.4. The molecule has 0 N–H and O–H groups in total. The van der Waals surface area contributed by atoms with Crippen LogP contribution in [0.4, 0.5) is 0 Å². The zero-order chi connectivity index (χ0) is 15.8. The maximum absolute atomic E-state index is 11.6. The van der Waals surface area contributed by atoms with Crippen molar-refractivity contribution in [2.75, 3.05) is 14.2 Å². The monoisotopic (exact) mass is 297 g/mol. The predicted molar refractivity (Wildman–Crippen MR) is 69.4 cm³/mol. The summed E-state index contributed by atoms with van der Waals surface area (Å²) in [7, 11) is 2.23. The molecule has 0 aromatic heterocycles. The van der Waals surface area contributed by atoms with E-state index < -0.39 is 29.0 Å². The lowest BCUT2D eigenvalue weighted by molar-refractivity contribution is -0.771. The zero-order valence-electron chi connectivity index (χ0n) is 11.6. The standard InChI is InChI=1S/C13H15NO7/c1-19-12(15)10(13(16)20-2)8-11(21-14(17)18)9-6-4-3-5-7-9/h3-7,10-11H,8H2,1-2H3. The Bertz CT molecular complexity index is 487. The van der Waals surface area contributed by atoms with Crippen molar-refractivity contribution in [3.63, 3.8) is 0 Å². The Labute approximate surface area is 120 Å². The van der Waals surface area contributed by atoms with Gasteiger partial charge in [-0.05, 0) is 5.56 Å². The van der Waals surface area contributed by atoms with Gasteiger partial charge < -0.3 is 14.3 Å². The van der Waals surface area contributed by atoms with Gasteiger partial charge in [-0.1, -0.05) is 30.3 Å². The Balaban J connectivity index is 3.00. The van der Waals surface area contributed by atoms with Crippen molar-refractivity contribution in [3.8, 4) is 0 Å². The highest BCUT2D eigenvalue weighted by atomic mass is 17.0. The minimum atomic E-state index is -1.30. The van der Waals surface area contributed by atoms with Crippen molar-refractivity contribution in [2.24, 2.45) is 5.92 Å². The Morgan fingerprint density at radius 3 is 2.10 bits per heavy atom. The lowest BCUT2D eigenvalue weighted by Gasteiger charge is -2.19. The van der Waals surface area contributed by atoms with Crippen molar-refractivity contribution in [1.82, 2.24) is 0 Å². The van der Waals surface area contributed by atoms with Crippen molar-refractivity contribution in [2.45, 2.75) is 12.5 Å². The van der Waals surface area contributed by atoms with E-state index in [1.165, 1.54) is 0 Å². The van der Waals surface area contributed by atoms with Gasteiger partial charge in [0.2, 0.25) is 0 Å². The first-order valence-electron chi connectivity index (χ1n) is 6.01. The zero-order valence-corrected chi connectivity index (χ0v) is 11.6. The molecular formula is C13H15NO7. The molecule has 0 fully saturated rings. The fourth-order valence-corrected chi connectivity index (χ4v) is 1.80. The molecule has 114 valence electrons. The number of carbonyl (C=O) groups is 2. The average molecular weight is 297 g/mol. The van der Waals surface area contributed by atoms with Crippen molar-refractivity contribution in [3.05, 3.63) is 46.0 Å². The molecule has 21 heavy (non-hydrogen) atoms. The van der Waals surface area contributed by atoms with Gasteiger partial charge in [0.25, 0.3) is 5.09 Å². The van der Waals surface area contributed by atoms with Crippen LogP contribution in [0.2, 0.25) is 0 Å². The van der Waals surface area contributed by atoms with Crippen LogP contribution >= 0.6 is 0 Å². The number of methoxy groups -OCH3 is 2. The van der Waals surface area contributed by atoms with Gasteiger partial charge in [0.1, 0.15) is 6.10 Å². The molecule has 1 aromatic carbocycles. The second-order valence-corrected chi connectivity index (χ2v) is 4.06. The molecule has 8 heteroatoms. The number of hydrogen-bond acceptors (Lipinski definition) is 7. The summed E-state index contributed by atoms with van der Waals surface area (Å²) < 4.78 is 9.02. The molecule has 1 unspecified atom stereocenters. The van der Waals surface area contributed by atoms with E-state index in [0.717, 1.165) is 14.2 Å². The number of rotatable bonds is 7. The number of benzene rings is 1. The van der Waals surface area contributed by atoms with Crippen LogP contribution in [0, 0.1) is 16.0 Å². The van der Waals surface area contributed by atoms with Crippen LogP contribution in [0.5, 0.6) is 0 Å². The highest BCUT2D eigenvalue weighted by Crippen LogP contribution is 2.26. The first kappa shape index (κ1) is 16.4. The van der Waals surface area contributed by atoms with Gasteiger partial charge in [0.15, 0.2) is 5.92 Å². The van der Waals surface area contributed by atoms with Gasteiger partial charge in [-0.15, -0.1) is 10.1 Å². The number of ether oxygens (including phenoxy) is 2. The predicted octanol–water partition coefficient (Wildman–Crippen LogP) is 1.29. The van der Waals surface area contributed by atoms with Gasteiger partial charge in [-0.25, -0.2) is 0 Å². The largest absolute Gasteiger partial charge is 0.468 e. The molecule has 0 aliphatic carbocycles. The quantitative estimate of drug-likeness (QED) is 0.323. The van der Waals surface area contributed by atoms with Gasteiger partial charge in [0, 0.05) is 6.42 Å². The molecule has 0 aliphatic heterocycles. The number of nitrogens with zero attached hydrogens (tertiary/aromatic N) is 1. The summed E-state index contributed by atoms with van der Waals surface area (Å²) in [6.45, 7) is 0. The molecule has 8 nitrogen and oxygen atoms in total. The number of hydrogen-bond donors (Lipinski definition) is 0. The highest BCUT2D eigenvalue weighted by Gasteiger charge is 2.33. The molecule has 0 bridgehead atoms. The van der Waals surface area contributed by atoms with E-state index in [2.05, 4.69) is 14.3 Å². The lowest BCUT2D eigenvalue weighted by Crippen LogP contribution is -2.29. The highest BCUT2D eigenvalue weighted by molar-refractivity contribution is 5.94. The average Bonchev–Trinajstić information content (AvgIpc) is 2.50. The summed E-state index contributed by atoms with van der Waals surface area (Å²) in [6, 6.07) is 8.25. The summed E-state index contributed by atoms with van der Waals surface area (Å²) in [6.07, 6.45) is -1.34. The van der Waals surface area contributed by atoms with Crippen LogP contribution in [-0.4, -0.2) is 31.2 Å². The van der Waals surface area contributed by atoms with E-state index >= 15 is 0 Å². The van der Waals surface area contributed by atoms with Gasteiger partial charge in [0.05, 0.1) is 14.2 Å². The molecule has 1 aromatic rings. The Hall–Kier alpha value is -2.64. The minimum absolute atomic E-state index is 0.260. The van der Waals surface area contributed by atoms with Crippen LogP contribution in [-0.2, 0) is 23.9 Å². The van der Waals surface area contributed by atoms with Crippen molar-refractivity contribution in [1.29, 1.82) is 0 Å². The molecule has 0 saturated heterocycles. The third-order valence-electron chi connectivity index (χ3n) is 2.81. The fourth-order valence-electron chi connectivity index (χ4n) is 1.80. The SMILES string of the molecule is COC(=O)C(CC(O[N+](=O)[O-])c1ccccc1)C(=O)OC. The van der Waals surface area contributed by atoms with Crippen LogP contribution in [0.15, 0.2) is 30.3 Å². The molecule has 1 rings (SSSR count). The van der Waals surface area contributed by atoms with E-state index in [9.17, 15) is 19.7 Å². The molecule has 0 saturated carbocycles. The molecule has 0 spiro atoms. The van der Waals surface area contributed by atoms with E-state index in [-0.39, 0.29) is 6.42 Å². The van der Waals surface area contributed by atoms with E-state index in [0.29, 0.717) is 5.56 Å². The summed E-state index contributed by atoms with van der Waals surface area (Å²) >= 11 is 0. The smallest absolute Gasteiger partial charge is 0.320 e. The topological polar surface area (TPSA) is 105 Å². The molecule has 0 amide bonds. The molecule has 0 radical (unpaired) electrons. The van der Waals surface area contributed by atoms with Crippen molar-refractivity contribution < 1.29 is 29.0 Å². The molecular weight excluding hydrogens is 282 g/mol. The molecule has 1 atom stereocenters. The van der Waals surface area contributed by atoms with Crippen molar-refractivity contribution >= 4 is 11.9 Å². The van der Waals surface area contributed by atoms with Crippen LogP contribution in [0.1, 0.15) is 18.1 Å². The maximum Gasteiger partial charge on any atom is 0.320 e. The Morgan fingerprint density at radius 2 is 1.67 bits per heavy atom. The lowest BCUT2D eigenvalue weighted by atomic mass is 9.97. The van der Waals surface area contributed by atoms with Crippen LogP contribution < -0.4 is 0 Å². The van der Waals surface area contributed by atoms with Crippen LogP contribution in [0.25, 0.3) is 0 Å². The molecule has 0 heterocycles. The summed E-state index contributed by atoms with van der Waals surface area (Å²) in [5, 5.41) is 9.63. The molecule has 0 aliphatic rings. The van der Waals surface area contributed by atoms with Gasteiger partial charge >= 0.3 is 11.9 Å². The summed E-state index contributed by atoms with van der Waals surface area (Å²) in [5.74, 6) is -2.98. The van der Waals surface area contributed by atoms with E-state index in [1.807, 2.05) is 0 Å². The number of esters is 2. The fraction of sp³-hybridized carbons (Fsp3) is 0.385. The Kier molecular flexibility index (Phi) is 6.12. The normalized spacial score (nSPS) is 11.6. The third-order valence-corrected chi connectivity index (χ3v) is 2.81.